The molecule has 136 valence electrons. The lowest BCUT2D eigenvalue weighted by molar-refractivity contribution is -0.207. The van der Waals surface area contributed by atoms with Crippen molar-refractivity contribution in [2.24, 2.45) is 11.7 Å². The zero-order valence-corrected chi connectivity index (χ0v) is 13.0. The van der Waals surface area contributed by atoms with Gasteiger partial charge >= 0.3 is 12.1 Å². The maximum absolute atomic E-state index is 12.4. The molecule has 0 bridgehead atoms. The number of piperidine rings is 1. The summed E-state index contributed by atoms with van der Waals surface area (Å²) in [7, 11) is 0. The summed E-state index contributed by atoms with van der Waals surface area (Å²) in [5.74, 6) is -3.97. The molecule has 3 N–H and O–H groups in total. The van der Waals surface area contributed by atoms with E-state index in [1.165, 1.54) is 4.90 Å². The predicted octanol–water partition coefficient (Wildman–Crippen LogP) is -0.0636. The molecule has 0 aromatic carbocycles. The first kappa shape index (κ1) is 18.5. The molecule has 2 aliphatic rings. The molecule has 0 aromatic rings. The molecular formula is C14H20F3N3O4. The Morgan fingerprint density at radius 2 is 2.00 bits per heavy atom. The number of hydrogen-bond acceptors (Lipinski definition) is 5. The van der Waals surface area contributed by atoms with Gasteiger partial charge in [0.2, 0.25) is 5.91 Å². The van der Waals surface area contributed by atoms with Gasteiger partial charge in [-0.05, 0) is 25.7 Å². The van der Waals surface area contributed by atoms with Gasteiger partial charge in [-0.1, -0.05) is 0 Å². The van der Waals surface area contributed by atoms with Crippen molar-refractivity contribution in [1.82, 2.24) is 10.2 Å². The highest BCUT2D eigenvalue weighted by Crippen LogP contribution is 2.23. The van der Waals surface area contributed by atoms with Crippen molar-refractivity contribution in [3.05, 3.63) is 0 Å². The minimum absolute atomic E-state index is 0.0266. The molecule has 2 aliphatic heterocycles. The minimum atomic E-state index is -5.21. The van der Waals surface area contributed by atoms with Gasteiger partial charge in [0.15, 0.2) is 6.10 Å². The number of nitrogens with two attached hydrogens (primary N) is 1. The van der Waals surface area contributed by atoms with Crippen LogP contribution in [0.15, 0.2) is 0 Å². The average molecular weight is 351 g/mol. The lowest BCUT2D eigenvalue weighted by Gasteiger charge is -2.36. The van der Waals surface area contributed by atoms with Crippen molar-refractivity contribution in [2.75, 3.05) is 19.6 Å². The summed E-state index contributed by atoms with van der Waals surface area (Å²) in [6.45, 7) is 1.30. The van der Waals surface area contributed by atoms with Gasteiger partial charge in [-0.3, -0.25) is 9.59 Å². The molecule has 7 nitrogen and oxygen atoms in total. The SMILES string of the molecule is N[C@@H](C[C@@H]1CCCNC1=O)C(OC(=O)C(F)(F)F)C(=O)N1CCC1. The van der Waals surface area contributed by atoms with Gasteiger partial charge < -0.3 is 20.7 Å². The Bertz CT molecular complexity index is 508. The number of carbonyl (C=O) groups excluding carboxylic acids is 3. The average Bonchev–Trinajstić information content (AvgIpc) is 2.43. The van der Waals surface area contributed by atoms with Crippen molar-refractivity contribution < 1.29 is 32.3 Å². The van der Waals surface area contributed by atoms with E-state index in [2.05, 4.69) is 10.1 Å². The Hall–Kier alpha value is -1.84. The number of ether oxygens (including phenoxy) is 1. The first-order chi connectivity index (χ1) is 11.2. The third-order valence-corrected chi connectivity index (χ3v) is 4.22. The maximum atomic E-state index is 12.4. The predicted molar refractivity (Wildman–Crippen MR) is 75.5 cm³/mol. The van der Waals surface area contributed by atoms with Gasteiger partial charge in [-0.2, -0.15) is 13.2 Å². The topological polar surface area (TPSA) is 102 Å². The summed E-state index contributed by atoms with van der Waals surface area (Å²) in [6, 6.07) is -1.18. The van der Waals surface area contributed by atoms with E-state index in [4.69, 9.17) is 5.73 Å². The Morgan fingerprint density at radius 1 is 1.33 bits per heavy atom. The second-order valence-corrected chi connectivity index (χ2v) is 6.03. The lowest BCUT2D eigenvalue weighted by atomic mass is 9.89. The molecule has 2 fully saturated rings. The van der Waals surface area contributed by atoms with Crippen LogP contribution in [0.2, 0.25) is 0 Å². The molecule has 1 unspecified atom stereocenters. The number of likely N-dealkylation sites (tertiary alicyclic amines) is 1. The van der Waals surface area contributed by atoms with Crippen LogP contribution in [0.5, 0.6) is 0 Å². The van der Waals surface area contributed by atoms with E-state index in [1.807, 2.05) is 0 Å². The molecule has 2 rings (SSSR count). The number of rotatable bonds is 5. The van der Waals surface area contributed by atoms with E-state index >= 15 is 0 Å². The highest BCUT2D eigenvalue weighted by molar-refractivity contribution is 5.86. The molecule has 24 heavy (non-hydrogen) atoms. The van der Waals surface area contributed by atoms with E-state index in [-0.39, 0.29) is 12.3 Å². The van der Waals surface area contributed by atoms with E-state index in [1.54, 1.807) is 0 Å². The minimum Gasteiger partial charge on any atom is -0.444 e. The lowest BCUT2D eigenvalue weighted by Crippen LogP contribution is -2.56. The molecule has 0 aliphatic carbocycles. The Labute approximate surface area is 136 Å². The summed E-state index contributed by atoms with van der Waals surface area (Å²) in [5.41, 5.74) is 5.85. The molecular weight excluding hydrogens is 331 g/mol. The van der Waals surface area contributed by atoms with E-state index in [0.717, 1.165) is 12.8 Å². The van der Waals surface area contributed by atoms with Crippen LogP contribution < -0.4 is 11.1 Å². The third-order valence-electron chi connectivity index (χ3n) is 4.22. The van der Waals surface area contributed by atoms with Gasteiger partial charge in [0, 0.05) is 25.6 Å². The van der Waals surface area contributed by atoms with Crippen molar-refractivity contribution in [1.29, 1.82) is 0 Å². The van der Waals surface area contributed by atoms with Crippen LogP contribution in [-0.2, 0) is 19.1 Å². The van der Waals surface area contributed by atoms with Crippen molar-refractivity contribution >= 4 is 17.8 Å². The van der Waals surface area contributed by atoms with Crippen LogP contribution in [0, 0.1) is 5.92 Å². The smallest absolute Gasteiger partial charge is 0.444 e. The van der Waals surface area contributed by atoms with Crippen LogP contribution in [0.25, 0.3) is 0 Å². The summed E-state index contributed by atoms with van der Waals surface area (Å²) in [5, 5.41) is 2.64. The van der Waals surface area contributed by atoms with Gasteiger partial charge in [0.1, 0.15) is 0 Å². The molecule has 2 heterocycles. The highest BCUT2D eigenvalue weighted by Gasteiger charge is 2.46. The van der Waals surface area contributed by atoms with Crippen molar-refractivity contribution in [2.45, 2.75) is 44.0 Å². The summed E-state index contributed by atoms with van der Waals surface area (Å²) in [4.78, 5) is 36.4. The number of halogens is 3. The number of hydrogen-bond donors (Lipinski definition) is 2. The van der Waals surface area contributed by atoms with Crippen LogP contribution in [0.3, 0.4) is 0 Å². The van der Waals surface area contributed by atoms with Gasteiger partial charge in [-0.25, -0.2) is 4.79 Å². The van der Waals surface area contributed by atoms with Crippen LogP contribution in [0.1, 0.15) is 25.7 Å². The molecule has 2 saturated heterocycles. The first-order valence-corrected chi connectivity index (χ1v) is 7.80. The highest BCUT2D eigenvalue weighted by atomic mass is 19.4. The normalized spacial score (nSPS) is 23.8. The van der Waals surface area contributed by atoms with Gasteiger partial charge in [-0.15, -0.1) is 0 Å². The Morgan fingerprint density at radius 3 is 2.50 bits per heavy atom. The molecule has 0 radical (unpaired) electrons. The second-order valence-electron chi connectivity index (χ2n) is 6.03. The number of esters is 1. The fraction of sp³-hybridized carbons (Fsp3) is 0.786. The van der Waals surface area contributed by atoms with E-state index in [9.17, 15) is 27.6 Å². The quantitative estimate of drug-likeness (QED) is 0.676. The Kier molecular flexibility index (Phi) is 5.68. The zero-order valence-electron chi connectivity index (χ0n) is 13.0. The van der Waals surface area contributed by atoms with E-state index in [0.29, 0.717) is 26.1 Å². The summed E-state index contributed by atoms with van der Waals surface area (Å²) < 4.78 is 41.7. The molecule has 0 saturated carbocycles. The molecule has 0 aromatic heterocycles. The number of carbonyl (C=O) groups is 3. The third kappa shape index (κ3) is 4.37. The number of alkyl halides is 3. The standard InChI is InChI=1S/C14H20F3N3O4/c15-14(16,17)13(23)24-10(12(22)20-5-2-6-20)9(18)7-8-3-1-4-19-11(8)21/h8-10H,1-7,18H2,(H,19,21)/t8-,9-,10?/m0/s1. The van der Waals surface area contributed by atoms with E-state index < -0.39 is 36.1 Å². The molecule has 10 heteroatoms. The number of nitrogens with zero attached hydrogens (tertiary/aromatic N) is 1. The van der Waals surface area contributed by atoms with Gasteiger partial charge in [0.25, 0.3) is 5.91 Å². The molecule has 2 amide bonds. The van der Waals surface area contributed by atoms with Gasteiger partial charge in [0.05, 0.1) is 6.04 Å². The number of nitrogens with one attached hydrogen (secondary N) is 1. The monoisotopic (exact) mass is 351 g/mol. The van der Waals surface area contributed by atoms with Crippen LogP contribution >= 0.6 is 0 Å². The number of amides is 2. The second kappa shape index (κ2) is 7.37. The summed E-state index contributed by atoms with van der Waals surface area (Å²) in [6.07, 6.45) is -5.01. The fourth-order valence-electron chi connectivity index (χ4n) is 2.73. The fourth-order valence-corrected chi connectivity index (χ4v) is 2.73. The summed E-state index contributed by atoms with van der Waals surface area (Å²) >= 11 is 0. The largest absolute Gasteiger partial charge is 0.490 e. The Balaban J connectivity index is 2.06. The zero-order chi connectivity index (χ0) is 17.9. The molecule has 0 spiro atoms. The van der Waals surface area contributed by atoms with Crippen molar-refractivity contribution in [3.8, 4) is 0 Å². The molecule has 3 atom stereocenters. The van der Waals surface area contributed by atoms with Crippen molar-refractivity contribution in [3.63, 3.8) is 0 Å². The first-order valence-electron chi connectivity index (χ1n) is 7.80. The van der Waals surface area contributed by atoms with Crippen LogP contribution in [0.4, 0.5) is 13.2 Å². The maximum Gasteiger partial charge on any atom is 0.490 e. The van der Waals surface area contributed by atoms with Crippen LogP contribution in [-0.4, -0.2) is 60.6 Å².